The smallest absolute Gasteiger partial charge is 0.246 e. The van der Waals surface area contributed by atoms with Crippen LogP contribution in [0.1, 0.15) is 73.6 Å². The molecule has 2 aliphatic heterocycles. The lowest BCUT2D eigenvalue weighted by Gasteiger charge is -2.45. The molecule has 2 saturated heterocycles. The number of benzene rings is 2. The van der Waals surface area contributed by atoms with Gasteiger partial charge < -0.3 is 4.90 Å². The normalized spacial score (nSPS) is 28.4. The maximum absolute atomic E-state index is 14.1. The Morgan fingerprint density at radius 2 is 1.15 bits per heavy atom. The first kappa shape index (κ1) is 21.6. The number of hydrogen-bond donors (Lipinski definition) is 0. The molecule has 0 spiro atoms. The summed E-state index contributed by atoms with van der Waals surface area (Å²) in [4.78, 5) is 45.3. The van der Waals surface area contributed by atoms with E-state index in [9.17, 15) is 14.4 Å². The number of hydrogen-bond acceptors (Lipinski definition) is 3. The van der Waals surface area contributed by atoms with E-state index in [0.717, 1.165) is 47.9 Å². The number of imide groups is 1. The zero-order valence-electron chi connectivity index (χ0n) is 19.9. The third-order valence-electron chi connectivity index (χ3n) is 8.56. The van der Waals surface area contributed by atoms with E-state index in [4.69, 9.17) is 0 Å². The van der Waals surface area contributed by atoms with Gasteiger partial charge in [-0.2, -0.15) is 0 Å². The second-order valence-corrected chi connectivity index (χ2v) is 10.7. The summed E-state index contributed by atoms with van der Waals surface area (Å²) in [6, 6.07) is 15.8. The summed E-state index contributed by atoms with van der Waals surface area (Å²) >= 11 is 0. The minimum absolute atomic E-state index is 0.0559. The number of carbonyl (C=O) groups is 3. The summed E-state index contributed by atoms with van der Waals surface area (Å²) in [5.41, 5.74) is 4.65. The Hall–Kier alpha value is -2.95. The average molecular weight is 457 g/mol. The summed E-state index contributed by atoms with van der Waals surface area (Å²) < 4.78 is 0. The lowest BCUT2D eigenvalue weighted by molar-refractivity contribution is -0.153. The summed E-state index contributed by atoms with van der Waals surface area (Å²) in [5.74, 6) is -1.63. The monoisotopic (exact) mass is 456 g/mol. The van der Waals surface area contributed by atoms with Crippen molar-refractivity contribution in [1.29, 1.82) is 0 Å². The van der Waals surface area contributed by atoms with Gasteiger partial charge in [-0.15, -0.1) is 0 Å². The van der Waals surface area contributed by atoms with Crippen LogP contribution in [0.4, 0.5) is 0 Å². The number of nitrogens with zero attached hydrogens (tertiary/aromatic N) is 2. The molecule has 3 aliphatic carbocycles. The Morgan fingerprint density at radius 1 is 0.735 bits per heavy atom. The Morgan fingerprint density at radius 3 is 1.53 bits per heavy atom. The summed E-state index contributed by atoms with van der Waals surface area (Å²) in [6.45, 7) is 5.35. The van der Waals surface area contributed by atoms with E-state index in [2.05, 4.69) is 24.3 Å². The van der Waals surface area contributed by atoms with E-state index in [0.29, 0.717) is 13.1 Å². The van der Waals surface area contributed by atoms with Crippen LogP contribution >= 0.6 is 0 Å². The van der Waals surface area contributed by atoms with Gasteiger partial charge in [0, 0.05) is 24.9 Å². The van der Waals surface area contributed by atoms with Crippen LogP contribution in [0.2, 0.25) is 0 Å². The zero-order valence-corrected chi connectivity index (χ0v) is 19.9. The minimum atomic E-state index is -0.727. The molecule has 2 heterocycles. The SMILES string of the molecule is CC(C)[C@H](C(=O)N1CCCCCC1)N1C(=O)[C@@H]2C3c4ccccc4C(c4ccccc43)[C@@H]2C1=O. The maximum atomic E-state index is 14.1. The van der Waals surface area contributed by atoms with Crippen molar-refractivity contribution < 1.29 is 14.4 Å². The highest BCUT2D eigenvalue weighted by molar-refractivity contribution is 6.10. The highest BCUT2D eigenvalue weighted by atomic mass is 16.2. The van der Waals surface area contributed by atoms with Crippen molar-refractivity contribution in [3.8, 4) is 0 Å². The molecule has 0 unspecified atom stereocenters. The van der Waals surface area contributed by atoms with Gasteiger partial charge in [0.1, 0.15) is 6.04 Å². The molecule has 3 amide bonds. The van der Waals surface area contributed by atoms with Crippen molar-refractivity contribution in [3.63, 3.8) is 0 Å². The fraction of sp³-hybridized carbons (Fsp3) is 0.483. The Balaban J connectivity index is 1.43. The van der Waals surface area contributed by atoms with Crippen LogP contribution in [0.25, 0.3) is 0 Å². The number of rotatable bonds is 3. The molecule has 2 bridgehead atoms. The fourth-order valence-electron chi connectivity index (χ4n) is 7.15. The number of amides is 3. The van der Waals surface area contributed by atoms with Crippen LogP contribution in [0.3, 0.4) is 0 Å². The largest absolute Gasteiger partial charge is 0.341 e. The Bertz CT molecular complexity index is 1050. The molecule has 34 heavy (non-hydrogen) atoms. The molecule has 3 atom stereocenters. The molecule has 7 rings (SSSR count). The van der Waals surface area contributed by atoms with Gasteiger partial charge in [-0.05, 0) is 41.0 Å². The molecular formula is C29H32N2O3. The third-order valence-corrected chi connectivity index (χ3v) is 8.56. The van der Waals surface area contributed by atoms with Gasteiger partial charge in [0.2, 0.25) is 17.7 Å². The number of likely N-dealkylation sites (tertiary alicyclic amines) is 2. The van der Waals surface area contributed by atoms with Crippen molar-refractivity contribution in [2.45, 2.75) is 57.4 Å². The van der Waals surface area contributed by atoms with Gasteiger partial charge >= 0.3 is 0 Å². The second kappa shape index (κ2) is 8.07. The first-order chi connectivity index (χ1) is 16.5. The van der Waals surface area contributed by atoms with Crippen LogP contribution < -0.4 is 0 Å². The molecular weight excluding hydrogens is 424 g/mol. The van der Waals surface area contributed by atoms with Crippen molar-refractivity contribution >= 4 is 17.7 Å². The molecule has 2 aromatic carbocycles. The summed E-state index contributed by atoms with van der Waals surface area (Å²) in [6.07, 6.45) is 4.22. The number of carbonyl (C=O) groups excluding carboxylic acids is 3. The van der Waals surface area contributed by atoms with Gasteiger partial charge in [0.25, 0.3) is 0 Å². The standard InChI is InChI=1S/C29H32N2O3/c1-17(2)26(29(34)30-15-9-3-4-10-16-30)31-27(32)24-22-18-11-5-6-12-19(18)23(25(24)28(31)33)21-14-8-7-13-20(21)22/h5-8,11-14,17,22-26H,3-4,9-10,15-16H2,1-2H3/t22?,23?,24-,25+,26-/m1/s1. The van der Waals surface area contributed by atoms with Crippen molar-refractivity contribution in [3.05, 3.63) is 70.8 Å². The van der Waals surface area contributed by atoms with Gasteiger partial charge in [-0.1, -0.05) is 75.2 Å². The topological polar surface area (TPSA) is 57.7 Å². The van der Waals surface area contributed by atoms with Gasteiger partial charge in [0.15, 0.2) is 0 Å². The predicted molar refractivity (Wildman–Crippen MR) is 129 cm³/mol. The first-order valence-electron chi connectivity index (χ1n) is 12.8. The zero-order chi connectivity index (χ0) is 23.6. The van der Waals surface area contributed by atoms with Gasteiger partial charge in [-0.3, -0.25) is 19.3 Å². The van der Waals surface area contributed by atoms with E-state index >= 15 is 0 Å². The second-order valence-electron chi connectivity index (χ2n) is 10.7. The molecule has 0 saturated carbocycles. The quantitative estimate of drug-likeness (QED) is 0.647. The van der Waals surface area contributed by atoms with Crippen molar-refractivity contribution in [2.75, 3.05) is 13.1 Å². The lowest BCUT2D eigenvalue weighted by Crippen LogP contribution is -2.54. The van der Waals surface area contributed by atoms with E-state index in [1.165, 1.54) is 4.90 Å². The van der Waals surface area contributed by atoms with Crippen LogP contribution in [0, 0.1) is 17.8 Å². The predicted octanol–water partition coefficient (Wildman–Crippen LogP) is 4.31. The lowest BCUT2D eigenvalue weighted by atomic mass is 9.55. The molecule has 176 valence electrons. The molecule has 2 aromatic rings. The molecule has 5 heteroatoms. The molecule has 0 radical (unpaired) electrons. The molecule has 0 aromatic heterocycles. The van der Waals surface area contributed by atoms with Crippen LogP contribution in [-0.4, -0.2) is 46.7 Å². The highest BCUT2D eigenvalue weighted by Crippen LogP contribution is 2.61. The van der Waals surface area contributed by atoms with E-state index in [-0.39, 0.29) is 35.5 Å². The van der Waals surface area contributed by atoms with Crippen LogP contribution in [0.5, 0.6) is 0 Å². The van der Waals surface area contributed by atoms with E-state index in [1.54, 1.807) is 0 Å². The summed E-state index contributed by atoms with van der Waals surface area (Å²) in [5, 5.41) is 0. The summed E-state index contributed by atoms with van der Waals surface area (Å²) in [7, 11) is 0. The van der Waals surface area contributed by atoms with Crippen LogP contribution in [-0.2, 0) is 14.4 Å². The molecule has 2 fully saturated rings. The van der Waals surface area contributed by atoms with E-state index in [1.807, 2.05) is 43.0 Å². The van der Waals surface area contributed by atoms with E-state index < -0.39 is 17.9 Å². The highest BCUT2D eigenvalue weighted by Gasteiger charge is 2.63. The molecule has 5 nitrogen and oxygen atoms in total. The fourth-order valence-corrected chi connectivity index (χ4v) is 7.15. The van der Waals surface area contributed by atoms with Gasteiger partial charge in [0.05, 0.1) is 11.8 Å². The Labute approximate surface area is 201 Å². The Kier molecular flexibility index (Phi) is 5.12. The van der Waals surface area contributed by atoms with Crippen molar-refractivity contribution in [2.24, 2.45) is 17.8 Å². The first-order valence-corrected chi connectivity index (χ1v) is 12.8. The third kappa shape index (κ3) is 2.95. The van der Waals surface area contributed by atoms with Crippen LogP contribution in [0.15, 0.2) is 48.5 Å². The minimum Gasteiger partial charge on any atom is -0.341 e. The average Bonchev–Trinajstić information content (AvgIpc) is 3.03. The maximum Gasteiger partial charge on any atom is 0.246 e. The molecule has 5 aliphatic rings. The molecule has 0 N–H and O–H groups in total. The van der Waals surface area contributed by atoms with Crippen molar-refractivity contribution in [1.82, 2.24) is 9.80 Å². The van der Waals surface area contributed by atoms with Gasteiger partial charge in [-0.25, -0.2) is 0 Å².